The number of ether oxygens (including phenoxy) is 1. The van der Waals surface area contributed by atoms with Crippen molar-refractivity contribution in [2.24, 2.45) is 0 Å². The first-order chi connectivity index (χ1) is 5.40. The van der Waals surface area contributed by atoms with E-state index in [0.29, 0.717) is 18.9 Å². The standard InChI is InChI=1S/C6H7N3O2/c10-4-5-7-6-9(8-5)2-1-3-11-6/h4H,1-3H2. The van der Waals surface area contributed by atoms with Crippen molar-refractivity contribution in [3.63, 3.8) is 0 Å². The zero-order chi connectivity index (χ0) is 7.68. The van der Waals surface area contributed by atoms with Crippen LogP contribution in [0.25, 0.3) is 0 Å². The molecule has 0 saturated heterocycles. The minimum atomic E-state index is 0.196. The van der Waals surface area contributed by atoms with Gasteiger partial charge in [-0.3, -0.25) is 4.79 Å². The minimum Gasteiger partial charge on any atom is -0.464 e. The maximum Gasteiger partial charge on any atom is 0.315 e. The van der Waals surface area contributed by atoms with E-state index in [1.165, 1.54) is 0 Å². The van der Waals surface area contributed by atoms with Crippen LogP contribution in [0.1, 0.15) is 17.0 Å². The number of nitrogens with zero attached hydrogens (tertiary/aromatic N) is 3. The largest absolute Gasteiger partial charge is 0.464 e. The molecule has 0 spiro atoms. The second kappa shape index (κ2) is 2.34. The van der Waals surface area contributed by atoms with Gasteiger partial charge in [-0.1, -0.05) is 0 Å². The van der Waals surface area contributed by atoms with Crippen LogP contribution in [-0.4, -0.2) is 27.7 Å². The molecule has 0 aliphatic carbocycles. The highest BCUT2D eigenvalue weighted by atomic mass is 16.5. The van der Waals surface area contributed by atoms with Gasteiger partial charge in [-0.05, 0) is 0 Å². The minimum absolute atomic E-state index is 0.196. The number of aromatic nitrogens is 3. The van der Waals surface area contributed by atoms with Gasteiger partial charge in [0.1, 0.15) is 0 Å². The molecule has 0 aromatic carbocycles. The Kier molecular flexibility index (Phi) is 1.34. The number of fused-ring (bicyclic) bond motifs is 1. The van der Waals surface area contributed by atoms with Crippen molar-refractivity contribution in [2.45, 2.75) is 13.0 Å². The third kappa shape index (κ3) is 0.978. The summed E-state index contributed by atoms with van der Waals surface area (Å²) < 4.78 is 6.74. The summed E-state index contributed by atoms with van der Waals surface area (Å²) in [5.74, 6) is 0.196. The van der Waals surface area contributed by atoms with E-state index < -0.39 is 0 Å². The van der Waals surface area contributed by atoms with E-state index in [4.69, 9.17) is 4.74 Å². The first-order valence-corrected chi connectivity index (χ1v) is 3.43. The molecule has 11 heavy (non-hydrogen) atoms. The molecule has 0 amide bonds. The molecule has 58 valence electrons. The summed E-state index contributed by atoms with van der Waals surface area (Å²) in [5, 5.41) is 3.88. The van der Waals surface area contributed by atoms with Crippen molar-refractivity contribution < 1.29 is 9.53 Å². The lowest BCUT2D eigenvalue weighted by molar-refractivity contribution is 0.111. The summed E-state index contributed by atoms with van der Waals surface area (Å²) in [6, 6.07) is 0.457. The van der Waals surface area contributed by atoms with Crippen LogP contribution >= 0.6 is 0 Å². The number of hydrogen-bond donors (Lipinski definition) is 0. The first-order valence-electron chi connectivity index (χ1n) is 3.43. The Morgan fingerprint density at radius 3 is 3.27 bits per heavy atom. The zero-order valence-corrected chi connectivity index (χ0v) is 5.86. The normalized spacial score (nSPS) is 15.3. The molecule has 1 aromatic heterocycles. The molecule has 0 atom stereocenters. The molecule has 1 aromatic rings. The summed E-state index contributed by atoms with van der Waals surface area (Å²) in [7, 11) is 0. The van der Waals surface area contributed by atoms with Crippen LogP contribution in [0, 0.1) is 0 Å². The number of rotatable bonds is 1. The number of aldehydes is 1. The van der Waals surface area contributed by atoms with E-state index in [9.17, 15) is 4.79 Å². The molecular formula is C6H7N3O2. The Hall–Kier alpha value is -1.39. The fraction of sp³-hybridized carbons (Fsp3) is 0.500. The molecule has 0 fully saturated rings. The van der Waals surface area contributed by atoms with Crippen molar-refractivity contribution in [1.82, 2.24) is 14.8 Å². The van der Waals surface area contributed by atoms with Gasteiger partial charge >= 0.3 is 6.01 Å². The van der Waals surface area contributed by atoms with Gasteiger partial charge in [0.2, 0.25) is 5.82 Å². The second-order valence-electron chi connectivity index (χ2n) is 2.30. The van der Waals surface area contributed by atoms with Crippen molar-refractivity contribution in [3.05, 3.63) is 5.82 Å². The number of carbonyl (C=O) groups is 1. The zero-order valence-electron chi connectivity index (χ0n) is 5.86. The summed E-state index contributed by atoms with van der Waals surface area (Å²) in [6.45, 7) is 1.45. The van der Waals surface area contributed by atoms with Gasteiger partial charge < -0.3 is 4.74 Å². The van der Waals surface area contributed by atoms with Crippen LogP contribution in [0.15, 0.2) is 0 Å². The Labute approximate surface area is 63.0 Å². The lowest BCUT2D eigenvalue weighted by Gasteiger charge is -2.11. The number of aryl methyl sites for hydroxylation is 1. The number of hydrogen-bond acceptors (Lipinski definition) is 4. The fourth-order valence-electron chi connectivity index (χ4n) is 1.02. The van der Waals surface area contributed by atoms with Gasteiger partial charge in [-0.25, -0.2) is 4.68 Å². The third-order valence-electron chi connectivity index (χ3n) is 1.50. The van der Waals surface area contributed by atoms with Gasteiger partial charge in [-0.15, -0.1) is 5.10 Å². The smallest absolute Gasteiger partial charge is 0.315 e. The maximum atomic E-state index is 10.2. The SMILES string of the molecule is O=Cc1nc2n(n1)CCCO2. The van der Waals surface area contributed by atoms with E-state index in [2.05, 4.69) is 10.1 Å². The molecule has 5 heteroatoms. The van der Waals surface area contributed by atoms with Crippen LogP contribution in [0.3, 0.4) is 0 Å². The molecule has 0 N–H and O–H groups in total. The topological polar surface area (TPSA) is 57.0 Å². The Bertz CT molecular complexity index is 258. The molecule has 2 heterocycles. The summed E-state index contributed by atoms with van der Waals surface area (Å²) in [4.78, 5) is 14.1. The van der Waals surface area contributed by atoms with E-state index in [1.54, 1.807) is 4.68 Å². The van der Waals surface area contributed by atoms with Gasteiger partial charge in [0.15, 0.2) is 6.29 Å². The first kappa shape index (κ1) is 6.33. The monoisotopic (exact) mass is 153 g/mol. The molecule has 2 rings (SSSR count). The lowest BCUT2D eigenvalue weighted by atomic mass is 10.4. The quantitative estimate of drug-likeness (QED) is 0.527. The summed E-state index contributed by atoms with van der Waals surface area (Å²) >= 11 is 0. The molecular weight excluding hydrogens is 146 g/mol. The van der Waals surface area contributed by atoms with E-state index in [-0.39, 0.29) is 5.82 Å². The molecule has 1 aliphatic rings. The Morgan fingerprint density at radius 1 is 1.64 bits per heavy atom. The summed E-state index contributed by atoms with van der Waals surface area (Å²) in [6.07, 6.45) is 1.54. The Morgan fingerprint density at radius 2 is 2.55 bits per heavy atom. The van der Waals surface area contributed by atoms with E-state index in [0.717, 1.165) is 13.0 Å². The third-order valence-corrected chi connectivity index (χ3v) is 1.50. The molecule has 5 nitrogen and oxygen atoms in total. The van der Waals surface area contributed by atoms with Crippen molar-refractivity contribution in [2.75, 3.05) is 6.61 Å². The highest BCUT2D eigenvalue weighted by Gasteiger charge is 2.13. The summed E-state index contributed by atoms with van der Waals surface area (Å²) in [5.41, 5.74) is 0. The van der Waals surface area contributed by atoms with Gasteiger partial charge in [0.05, 0.1) is 6.61 Å². The predicted octanol–water partition coefficient (Wildman–Crippen LogP) is -0.127. The van der Waals surface area contributed by atoms with Crippen LogP contribution < -0.4 is 4.74 Å². The Balaban J connectivity index is 2.39. The molecule has 0 radical (unpaired) electrons. The average molecular weight is 153 g/mol. The fourth-order valence-corrected chi connectivity index (χ4v) is 1.02. The van der Waals surface area contributed by atoms with Gasteiger partial charge in [-0.2, -0.15) is 4.98 Å². The van der Waals surface area contributed by atoms with E-state index in [1.807, 2.05) is 0 Å². The molecule has 0 unspecified atom stereocenters. The van der Waals surface area contributed by atoms with Crippen LogP contribution in [0.5, 0.6) is 6.01 Å². The number of carbonyl (C=O) groups excluding carboxylic acids is 1. The van der Waals surface area contributed by atoms with Crippen molar-refractivity contribution in [3.8, 4) is 6.01 Å². The van der Waals surface area contributed by atoms with Crippen LogP contribution in [0.4, 0.5) is 0 Å². The van der Waals surface area contributed by atoms with Crippen LogP contribution in [-0.2, 0) is 6.54 Å². The predicted molar refractivity (Wildman–Crippen MR) is 35.5 cm³/mol. The van der Waals surface area contributed by atoms with Crippen molar-refractivity contribution >= 4 is 6.29 Å². The van der Waals surface area contributed by atoms with Crippen molar-refractivity contribution in [1.29, 1.82) is 0 Å². The lowest BCUT2D eigenvalue weighted by Crippen LogP contribution is -2.14. The molecule has 0 saturated carbocycles. The second-order valence-corrected chi connectivity index (χ2v) is 2.30. The molecule has 1 aliphatic heterocycles. The van der Waals surface area contributed by atoms with Crippen LogP contribution in [0.2, 0.25) is 0 Å². The highest BCUT2D eigenvalue weighted by Crippen LogP contribution is 2.12. The average Bonchev–Trinajstić information content (AvgIpc) is 2.46. The van der Waals surface area contributed by atoms with E-state index >= 15 is 0 Å². The van der Waals surface area contributed by atoms with Gasteiger partial charge in [0, 0.05) is 13.0 Å². The molecule has 0 bridgehead atoms. The maximum absolute atomic E-state index is 10.2. The van der Waals surface area contributed by atoms with Gasteiger partial charge in [0.25, 0.3) is 0 Å². The highest BCUT2D eigenvalue weighted by molar-refractivity contribution is 5.68.